The van der Waals surface area contributed by atoms with Crippen molar-refractivity contribution in [2.45, 2.75) is 24.4 Å². The first-order valence-electron chi connectivity index (χ1n) is 10.8. The molecule has 37 heavy (non-hydrogen) atoms. The highest BCUT2D eigenvalue weighted by atomic mass is 32.2. The van der Waals surface area contributed by atoms with E-state index in [2.05, 4.69) is 23.4 Å². The summed E-state index contributed by atoms with van der Waals surface area (Å²) in [5.41, 5.74) is 3.14. The molecule has 0 radical (unpaired) electrons. The predicted octanol–water partition coefficient (Wildman–Crippen LogP) is 2.05. The normalized spacial score (nSPS) is 14.3. The number of aryl methyl sites for hydroxylation is 1. The Bertz CT molecular complexity index is 1360. The number of rotatable bonds is 6. The molecular weight excluding hydrogens is 537 g/mol. The zero-order valence-electron chi connectivity index (χ0n) is 19.5. The van der Waals surface area contributed by atoms with Crippen LogP contribution in [-0.2, 0) is 19.6 Å². The second-order valence-corrected chi connectivity index (χ2v) is 10.1. The molecule has 0 saturated carbocycles. The molecule has 0 unspecified atom stereocenters. The molecule has 0 atom stereocenters. The van der Waals surface area contributed by atoms with Gasteiger partial charge in [-0.1, -0.05) is 6.07 Å². The second-order valence-electron chi connectivity index (χ2n) is 7.87. The molecule has 1 fully saturated rings. The number of sulfonamides is 1. The number of nitrogens with one attached hydrogen (secondary N) is 1. The molecule has 2 aromatic heterocycles. The molecule has 1 aliphatic rings. The van der Waals surface area contributed by atoms with Crippen LogP contribution in [0.2, 0.25) is 0 Å². The number of aliphatic carboxylic acids is 1. The number of nitrogens with zero attached hydrogens (tertiary/aromatic N) is 5. The zero-order chi connectivity index (χ0) is 27.2. The van der Waals surface area contributed by atoms with Crippen LogP contribution in [0.3, 0.4) is 0 Å². The van der Waals surface area contributed by atoms with E-state index in [1.54, 1.807) is 23.2 Å². The minimum Gasteiger partial charge on any atom is -0.475 e. The van der Waals surface area contributed by atoms with Crippen molar-refractivity contribution < 1.29 is 36.3 Å². The van der Waals surface area contributed by atoms with Crippen LogP contribution in [0, 0.1) is 6.92 Å². The van der Waals surface area contributed by atoms with Gasteiger partial charge in [-0.05, 0) is 30.7 Å². The number of carbonyl (C=O) groups is 2. The third-order valence-electron chi connectivity index (χ3n) is 5.38. The van der Waals surface area contributed by atoms with Crippen molar-refractivity contribution >= 4 is 50.3 Å². The number of carbonyl (C=O) groups excluding carboxylic acids is 1. The number of fused-ring (bicyclic) bond motifs is 1. The summed E-state index contributed by atoms with van der Waals surface area (Å²) in [6, 6.07) is 6.83. The molecule has 2 N–H and O–H groups in total. The van der Waals surface area contributed by atoms with Gasteiger partial charge in [0, 0.05) is 57.2 Å². The summed E-state index contributed by atoms with van der Waals surface area (Å²) in [5, 5.41) is 7.12. The lowest BCUT2D eigenvalue weighted by Gasteiger charge is -2.36. The third-order valence-corrected chi connectivity index (χ3v) is 7.41. The van der Waals surface area contributed by atoms with Gasteiger partial charge in [0.05, 0.1) is 11.7 Å². The van der Waals surface area contributed by atoms with Crippen LogP contribution >= 0.6 is 11.7 Å². The minimum atomic E-state index is -5.08. The topological polar surface area (TPSA) is 146 Å². The molecule has 1 saturated heterocycles. The van der Waals surface area contributed by atoms with E-state index in [0.717, 1.165) is 36.1 Å². The van der Waals surface area contributed by atoms with Crippen molar-refractivity contribution in [3.8, 4) is 0 Å². The van der Waals surface area contributed by atoms with Crippen LogP contribution in [0.1, 0.15) is 12.0 Å². The molecule has 4 rings (SSSR count). The Morgan fingerprint density at radius 2 is 1.81 bits per heavy atom. The van der Waals surface area contributed by atoms with E-state index in [4.69, 9.17) is 9.90 Å². The number of carboxylic acids is 1. The fourth-order valence-corrected chi connectivity index (χ4v) is 5.34. The molecule has 200 valence electrons. The summed E-state index contributed by atoms with van der Waals surface area (Å²) in [4.78, 5) is 29.7. The highest BCUT2D eigenvalue weighted by molar-refractivity contribution is 7.89. The number of alkyl halides is 3. The maximum atomic E-state index is 12.6. The molecule has 0 aliphatic carbocycles. The van der Waals surface area contributed by atoms with E-state index in [0.29, 0.717) is 24.1 Å². The molecule has 3 aromatic rings. The molecular formula is C21H23F3N6O5S2. The summed E-state index contributed by atoms with van der Waals surface area (Å²) in [6.07, 6.45) is -1.37. The Morgan fingerprint density at radius 3 is 2.43 bits per heavy atom. The zero-order valence-corrected chi connectivity index (χ0v) is 21.1. The number of pyridine rings is 1. The van der Waals surface area contributed by atoms with E-state index in [1.165, 1.54) is 6.07 Å². The molecule has 3 heterocycles. The summed E-state index contributed by atoms with van der Waals surface area (Å²) in [5.74, 6) is -2.81. The van der Waals surface area contributed by atoms with Crippen molar-refractivity contribution in [1.29, 1.82) is 0 Å². The van der Waals surface area contributed by atoms with Crippen LogP contribution in [0.25, 0.3) is 11.0 Å². The lowest BCUT2D eigenvalue weighted by Crippen LogP contribution is -2.49. The summed E-state index contributed by atoms with van der Waals surface area (Å²) in [7, 11) is -3.76. The number of amides is 1. The maximum absolute atomic E-state index is 12.6. The van der Waals surface area contributed by atoms with Gasteiger partial charge in [0.1, 0.15) is 15.9 Å². The summed E-state index contributed by atoms with van der Waals surface area (Å²) in [6.45, 7) is 4.75. The lowest BCUT2D eigenvalue weighted by atomic mass is 10.2. The Kier molecular flexibility index (Phi) is 8.98. The lowest BCUT2D eigenvalue weighted by molar-refractivity contribution is -0.192. The van der Waals surface area contributed by atoms with Crippen LogP contribution in [0.5, 0.6) is 0 Å². The summed E-state index contributed by atoms with van der Waals surface area (Å²) >= 11 is 0.970. The molecule has 1 amide bonds. The van der Waals surface area contributed by atoms with Crippen molar-refractivity contribution in [2.75, 3.05) is 37.6 Å². The second kappa shape index (κ2) is 11.8. The van der Waals surface area contributed by atoms with Gasteiger partial charge in [0.2, 0.25) is 15.9 Å². The van der Waals surface area contributed by atoms with Gasteiger partial charge in [-0.3, -0.25) is 9.78 Å². The Morgan fingerprint density at radius 1 is 1.14 bits per heavy atom. The van der Waals surface area contributed by atoms with E-state index < -0.39 is 22.2 Å². The van der Waals surface area contributed by atoms with Gasteiger partial charge in [-0.15, -0.1) is 0 Å². The fourth-order valence-electron chi connectivity index (χ4n) is 3.54. The van der Waals surface area contributed by atoms with Crippen LogP contribution in [0.15, 0.2) is 41.6 Å². The van der Waals surface area contributed by atoms with Crippen molar-refractivity contribution in [1.82, 2.24) is 23.4 Å². The number of carboxylic acid groups (broad SMARTS) is 1. The average molecular weight is 561 g/mol. The van der Waals surface area contributed by atoms with Crippen molar-refractivity contribution in [3.05, 3.63) is 42.2 Å². The van der Waals surface area contributed by atoms with E-state index >= 15 is 0 Å². The first-order chi connectivity index (χ1) is 17.4. The van der Waals surface area contributed by atoms with Crippen molar-refractivity contribution in [2.24, 2.45) is 0 Å². The van der Waals surface area contributed by atoms with E-state index in [1.807, 2.05) is 19.2 Å². The summed E-state index contributed by atoms with van der Waals surface area (Å²) < 4.78 is 67.6. The van der Waals surface area contributed by atoms with Crippen LogP contribution in [0.4, 0.5) is 18.9 Å². The molecule has 16 heteroatoms. The fraction of sp³-hybridized carbons (Fsp3) is 0.381. The van der Waals surface area contributed by atoms with E-state index in [-0.39, 0.29) is 23.8 Å². The SMILES string of the molecule is Cc1cnccc1N1CCN(C(=O)CCNS(=O)(=O)c2cccc3nsnc23)CC1.O=C(O)C(F)(F)F. The van der Waals surface area contributed by atoms with Gasteiger partial charge >= 0.3 is 12.1 Å². The Labute approximate surface area is 214 Å². The number of anilines is 1. The standard InChI is InChI=1S/C19H22N6O3S2.C2HF3O2/c1-14-13-20-7-5-16(14)24-9-11-25(12-10-24)18(26)6-8-21-30(27,28)17-4-2-3-15-19(17)23-29-22-15;3-2(4,5)1(6)7/h2-5,7,13,21H,6,8-12H2,1H3;(H,6,7). The third kappa shape index (κ3) is 7.33. The average Bonchev–Trinajstić information content (AvgIpc) is 3.33. The number of benzene rings is 1. The van der Waals surface area contributed by atoms with Gasteiger partial charge in [-0.25, -0.2) is 17.9 Å². The Balaban J connectivity index is 0.000000479. The quantitative estimate of drug-likeness (QED) is 0.463. The van der Waals surface area contributed by atoms with Crippen LogP contribution in [-0.4, -0.2) is 82.9 Å². The predicted molar refractivity (Wildman–Crippen MR) is 129 cm³/mol. The smallest absolute Gasteiger partial charge is 0.475 e. The van der Waals surface area contributed by atoms with Gasteiger partial charge in [0.15, 0.2) is 0 Å². The molecule has 1 aromatic carbocycles. The number of halogens is 3. The largest absolute Gasteiger partial charge is 0.490 e. The first-order valence-corrected chi connectivity index (χ1v) is 13.1. The van der Waals surface area contributed by atoms with Gasteiger partial charge in [0.25, 0.3) is 0 Å². The maximum Gasteiger partial charge on any atom is 0.490 e. The number of hydrogen-bond donors (Lipinski definition) is 2. The molecule has 0 spiro atoms. The number of aromatic nitrogens is 3. The highest BCUT2D eigenvalue weighted by Crippen LogP contribution is 2.22. The van der Waals surface area contributed by atoms with Gasteiger partial charge < -0.3 is 14.9 Å². The molecule has 0 bridgehead atoms. The molecule has 11 nitrogen and oxygen atoms in total. The minimum absolute atomic E-state index is 0.0405. The monoisotopic (exact) mass is 560 g/mol. The number of piperazine rings is 1. The van der Waals surface area contributed by atoms with Crippen LogP contribution < -0.4 is 9.62 Å². The Hall–Kier alpha value is -3.37. The molecule has 1 aliphatic heterocycles. The highest BCUT2D eigenvalue weighted by Gasteiger charge is 2.38. The van der Waals surface area contributed by atoms with Crippen molar-refractivity contribution in [3.63, 3.8) is 0 Å². The van der Waals surface area contributed by atoms with Gasteiger partial charge in [-0.2, -0.15) is 21.9 Å². The number of hydrogen-bond acceptors (Lipinski definition) is 9. The van der Waals surface area contributed by atoms with E-state index in [9.17, 15) is 26.4 Å². The first kappa shape index (κ1) is 28.2.